The van der Waals surface area contributed by atoms with E-state index < -0.39 is 5.97 Å². The first-order valence-corrected chi connectivity index (χ1v) is 5.79. The Bertz CT molecular complexity index is 518. The van der Waals surface area contributed by atoms with Gasteiger partial charge >= 0.3 is 12.0 Å². The number of hydrogen-bond acceptors (Lipinski definition) is 4. The van der Waals surface area contributed by atoms with Gasteiger partial charge in [0.2, 0.25) is 0 Å². The minimum absolute atomic E-state index is 0.0174. The molecule has 2 rings (SSSR count). The molecule has 0 aliphatic carbocycles. The Morgan fingerprint density at radius 2 is 2.26 bits per heavy atom. The summed E-state index contributed by atoms with van der Waals surface area (Å²) in [6.45, 7) is 6.97. The van der Waals surface area contributed by atoms with Gasteiger partial charge in [0.05, 0.1) is 12.2 Å². The van der Waals surface area contributed by atoms with Crippen LogP contribution in [-0.2, 0) is 0 Å². The molecule has 1 aliphatic rings. The van der Waals surface area contributed by atoms with Crippen LogP contribution in [0.1, 0.15) is 23.5 Å². The Balaban J connectivity index is 1.83. The first-order chi connectivity index (χ1) is 8.97. The summed E-state index contributed by atoms with van der Waals surface area (Å²) in [5.41, 5.74) is 0.790. The molecule has 0 saturated carbocycles. The highest BCUT2D eigenvalue weighted by atomic mass is 16.4. The number of aromatic nitrogens is 3. The van der Waals surface area contributed by atoms with E-state index in [1.54, 1.807) is 4.90 Å². The van der Waals surface area contributed by atoms with E-state index in [4.69, 9.17) is 5.11 Å². The Hall–Kier alpha value is -2.38. The van der Waals surface area contributed by atoms with Crippen LogP contribution in [0.4, 0.5) is 4.79 Å². The zero-order valence-corrected chi connectivity index (χ0v) is 10.5. The molecule has 2 N–H and O–H groups in total. The summed E-state index contributed by atoms with van der Waals surface area (Å²) in [6.07, 6.45) is 1.37. The number of aromatic carboxylic acids is 1. The third-order valence-electron chi connectivity index (χ3n) is 2.79. The van der Waals surface area contributed by atoms with Crippen molar-refractivity contribution in [3.05, 3.63) is 24.0 Å². The minimum atomic E-state index is -1.11. The molecule has 102 valence electrons. The molecule has 2 amide bonds. The largest absolute Gasteiger partial charge is 0.476 e. The van der Waals surface area contributed by atoms with E-state index in [0.29, 0.717) is 19.6 Å². The monoisotopic (exact) mass is 265 g/mol. The third kappa shape index (κ3) is 2.90. The van der Waals surface area contributed by atoms with Gasteiger partial charge in [0.25, 0.3) is 0 Å². The molecular weight excluding hydrogens is 250 g/mol. The molecule has 0 radical (unpaired) electrons. The van der Waals surface area contributed by atoms with Crippen LogP contribution >= 0.6 is 0 Å². The van der Waals surface area contributed by atoms with Crippen LogP contribution in [0.3, 0.4) is 0 Å². The maximum Gasteiger partial charge on any atom is 0.358 e. The Labute approximate surface area is 109 Å². The molecule has 0 bridgehead atoms. The summed E-state index contributed by atoms with van der Waals surface area (Å²) in [7, 11) is 0. The van der Waals surface area contributed by atoms with Crippen molar-refractivity contribution in [2.45, 2.75) is 13.0 Å². The fourth-order valence-corrected chi connectivity index (χ4v) is 1.68. The lowest BCUT2D eigenvalue weighted by molar-refractivity contribution is 0.0690. The number of urea groups is 1. The van der Waals surface area contributed by atoms with Crippen molar-refractivity contribution >= 4 is 12.0 Å². The second-order valence-corrected chi connectivity index (χ2v) is 4.56. The first-order valence-electron chi connectivity index (χ1n) is 5.79. The quantitative estimate of drug-likeness (QED) is 0.753. The van der Waals surface area contributed by atoms with Gasteiger partial charge < -0.3 is 15.3 Å². The van der Waals surface area contributed by atoms with E-state index in [-0.39, 0.29) is 17.8 Å². The molecule has 1 aromatic rings. The van der Waals surface area contributed by atoms with Crippen LogP contribution in [0.2, 0.25) is 0 Å². The summed E-state index contributed by atoms with van der Waals surface area (Å²) in [4.78, 5) is 23.9. The highest BCUT2D eigenvalue weighted by Crippen LogP contribution is 2.20. The number of carbonyl (C=O) groups is 2. The zero-order valence-electron chi connectivity index (χ0n) is 10.5. The number of nitrogens with one attached hydrogen (secondary N) is 1. The van der Waals surface area contributed by atoms with Crippen molar-refractivity contribution < 1.29 is 14.7 Å². The Morgan fingerprint density at radius 3 is 2.79 bits per heavy atom. The maximum absolute atomic E-state index is 11.7. The summed E-state index contributed by atoms with van der Waals surface area (Å²) in [5.74, 6) is -1.11. The van der Waals surface area contributed by atoms with Gasteiger partial charge in [-0.3, -0.25) is 0 Å². The smallest absolute Gasteiger partial charge is 0.358 e. The molecule has 0 spiro atoms. The summed E-state index contributed by atoms with van der Waals surface area (Å²) < 4.78 is 1.48. The van der Waals surface area contributed by atoms with Crippen LogP contribution in [0.25, 0.3) is 0 Å². The number of nitrogens with zero attached hydrogens (tertiary/aromatic N) is 4. The van der Waals surface area contributed by atoms with Crippen LogP contribution in [0, 0.1) is 0 Å². The number of likely N-dealkylation sites (tertiary alicyclic amines) is 1. The SMILES string of the molecule is C=C(C)CNC(=O)N1CC(n2cc(C(=O)O)nn2)C1. The fourth-order valence-electron chi connectivity index (χ4n) is 1.68. The molecule has 1 aliphatic heterocycles. The van der Waals surface area contributed by atoms with Crippen molar-refractivity contribution in [3.8, 4) is 0 Å². The predicted octanol–water partition coefficient (Wildman–Crippen LogP) is 0.119. The van der Waals surface area contributed by atoms with E-state index in [1.165, 1.54) is 10.9 Å². The Morgan fingerprint density at radius 1 is 1.58 bits per heavy atom. The molecule has 1 saturated heterocycles. The third-order valence-corrected chi connectivity index (χ3v) is 2.79. The van der Waals surface area contributed by atoms with Gasteiger partial charge in [-0.25, -0.2) is 14.3 Å². The molecule has 1 fully saturated rings. The topological polar surface area (TPSA) is 100 Å². The predicted molar refractivity (Wildman–Crippen MR) is 65.8 cm³/mol. The lowest BCUT2D eigenvalue weighted by Crippen LogP contribution is -2.54. The lowest BCUT2D eigenvalue weighted by Gasteiger charge is -2.38. The summed E-state index contributed by atoms with van der Waals surface area (Å²) in [6, 6.07) is -0.172. The van der Waals surface area contributed by atoms with Crippen LogP contribution in [0.5, 0.6) is 0 Å². The average Bonchev–Trinajstić information content (AvgIpc) is 2.73. The second-order valence-electron chi connectivity index (χ2n) is 4.56. The molecule has 0 unspecified atom stereocenters. The van der Waals surface area contributed by atoms with E-state index in [0.717, 1.165) is 5.57 Å². The van der Waals surface area contributed by atoms with Gasteiger partial charge in [0.1, 0.15) is 0 Å². The second kappa shape index (κ2) is 5.09. The van der Waals surface area contributed by atoms with Gasteiger partial charge in [-0.15, -0.1) is 5.10 Å². The van der Waals surface area contributed by atoms with E-state index in [9.17, 15) is 9.59 Å². The van der Waals surface area contributed by atoms with Gasteiger partial charge in [-0.05, 0) is 6.92 Å². The maximum atomic E-state index is 11.7. The van der Waals surface area contributed by atoms with E-state index >= 15 is 0 Å². The van der Waals surface area contributed by atoms with Crippen molar-refractivity contribution in [3.63, 3.8) is 0 Å². The molecule has 0 aromatic carbocycles. The first kappa shape index (κ1) is 13.1. The summed E-state index contributed by atoms with van der Waals surface area (Å²) >= 11 is 0. The molecular formula is C11H15N5O3. The van der Waals surface area contributed by atoms with Crippen molar-refractivity contribution in [2.75, 3.05) is 19.6 Å². The molecule has 0 atom stereocenters. The zero-order chi connectivity index (χ0) is 14.0. The molecule has 8 heteroatoms. The van der Waals surface area contributed by atoms with Crippen LogP contribution < -0.4 is 5.32 Å². The van der Waals surface area contributed by atoms with E-state index in [1.807, 2.05) is 6.92 Å². The van der Waals surface area contributed by atoms with Gasteiger partial charge in [0, 0.05) is 19.6 Å². The van der Waals surface area contributed by atoms with Gasteiger partial charge in [0.15, 0.2) is 5.69 Å². The number of hydrogen-bond donors (Lipinski definition) is 2. The highest BCUT2D eigenvalue weighted by molar-refractivity contribution is 5.84. The van der Waals surface area contributed by atoms with E-state index in [2.05, 4.69) is 22.2 Å². The van der Waals surface area contributed by atoms with Crippen molar-refractivity contribution in [2.24, 2.45) is 0 Å². The van der Waals surface area contributed by atoms with Gasteiger partial charge in [-0.1, -0.05) is 17.4 Å². The number of carboxylic acids is 1. The van der Waals surface area contributed by atoms with Crippen molar-refractivity contribution in [1.82, 2.24) is 25.2 Å². The molecule has 19 heavy (non-hydrogen) atoms. The summed E-state index contributed by atoms with van der Waals surface area (Å²) in [5, 5.41) is 18.7. The normalized spacial score (nSPS) is 14.9. The van der Waals surface area contributed by atoms with Crippen LogP contribution in [0.15, 0.2) is 18.3 Å². The number of amides is 2. The standard InChI is InChI=1S/C11H15N5O3/c1-7(2)3-12-11(19)15-4-8(5-15)16-6-9(10(17)18)13-14-16/h6,8H,1,3-5H2,2H3,(H,12,19)(H,17,18). The van der Waals surface area contributed by atoms with Crippen LogP contribution in [-0.4, -0.2) is 56.6 Å². The fraction of sp³-hybridized carbons (Fsp3) is 0.455. The van der Waals surface area contributed by atoms with Gasteiger partial charge in [-0.2, -0.15) is 0 Å². The molecule has 2 heterocycles. The minimum Gasteiger partial charge on any atom is -0.476 e. The highest BCUT2D eigenvalue weighted by Gasteiger charge is 2.32. The molecule has 1 aromatic heterocycles. The average molecular weight is 265 g/mol. The number of rotatable bonds is 4. The van der Waals surface area contributed by atoms with Crippen molar-refractivity contribution in [1.29, 1.82) is 0 Å². The number of carbonyl (C=O) groups excluding carboxylic acids is 1. The molecule has 8 nitrogen and oxygen atoms in total. The Kier molecular flexibility index (Phi) is 3.50. The lowest BCUT2D eigenvalue weighted by atomic mass is 10.1. The number of carboxylic acid groups (broad SMARTS) is 1.